The number of anilines is 1. The number of fused-ring (bicyclic) bond motifs is 1. The number of ether oxygens (including phenoxy) is 1. The van der Waals surface area contributed by atoms with Crippen LogP contribution in [0.5, 0.6) is 5.88 Å². The van der Waals surface area contributed by atoms with E-state index in [0.717, 1.165) is 12.0 Å². The monoisotopic (exact) mass is 480 g/mol. The molecule has 1 aromatic carbocycles. The molecule has 0 bridgehead atoms. The van der Waals surface area contributed by atoms with Crippen molar-refractivity contribution in [3.8, 4) is 5.88 Å². The molecule has 0 aliphatic heterocycles. The van der Waals surface area contributed by atoms with Gasteiger partial charge in [-0.15, -0.1) is 5.10 Å². The summed E-state index contributed by atoms with van der Waals surface area (Å²) in [6.07, 6.45) is 2.67. The van der Waals surface area contributed by atoms with Gasteiger partial charge in [-0.1, -0.05) is 23.2 Å². The van der Waals surface area contributed by atoms with Gasteiger partial charge in [-0.05, 0) is 43.0 Å². The van der Waals surface area contributed by atoms with Crippen molar-refractivity contribution < 1.29 is 18.7 Å². The molecule has 0 fully saturated rings. The van der Waals surface area contributed by atoms with Gasteiger partial charge < -0.3 is 19.5 Å². The van der Waals surface area contributed by atoms with E-state index in [0.29, 0.717) is 34.9 Å². The molecular formula is C20H19Cl2FN6O3. The molecule has 2 heterocycles. The zero-order valence-corrected chi connectivity index (χ0v) is 18.7. The molecule has 32 heavy (non-hydrogen) atoms. The van der Waals surface area contributed by atoms with Gasteiger partial charge in [0.05, 0.1) is 11.1 Å². The molecule has 0 saturated carbocycles. The predicted octanol–water partition coefficient (Wildman–Crippen LogP) is 4.35. The van der Waals surface area contributed by atoms with Crippen LogP contribution in [0.4, 0.5) is 14.9 Å². The average Bonchev–Trinajstić information content (AvgIpc) is 3.36. The Labute approximate surface area is 192 Å². The van der Waals surface area contributed by atoms with Crippen molar-refractivity contribution in [1.29, 1.82) is 0 Å². The van der Waals surface area contributed by atoms with E-state index < -0.39 is 23.9 Å². The van der Waals surface area contributed by atoms with Crippen molar-refractivity contribution in [2.24, 2.45) is 7.05 Å². The number of nitrogens with zero attached hydrogens (tertiary/aromatic N) is 4. The average molecular weight is 481 g/mol. The fraction of sp³-hybridized carbons (Fsp3) is 0.300. The minimum atomic E-state index is -0.622. The first-order valence-electron chi connectivity index (χ1n) is 9.71. The molecule has 1 unspecified atom stereocenters. The highest BCUT2D eigenvalue weighted by molar-refractivity contribution is 6.31. The Morgan fingerprint density at radius 2 is 2.16 bits per heavy atom. The predicted molar refractivity (Wildman–Crippen MR) is 116 cm³/mol. The SMILES string of the molecule is CN(C(=O)Oc1cn[nH]n1)C1CCCc2c1c(Cl)n(C)c2C(=O)Nc1ccc(F)c(Cl)c1. The molecule has 2 amide bonds. The molecule has 2 aromatic heterocycles. The second-order valence-corrected chi connectivity index (χ2v) is 8.13. The summed E-state index contributed by atoms with van der Waals surface area (Å²) in [6.45, 7) is 0. The lowest BCUT2D eigenvalue weighted by Gasteiger charge is -2.31. The number of H-pyrrole nitrogens is 1. The number of aromatic amines is 1. The van der Waals surface area contributed by atoms with E-state index in [4.69, 9.17) is 27.9 Å². The Morgan fingerprint density at radius 3 is 2.84 bits per heavy atom. The molecule has 1 atom stereocenters. The number of halogens is 3. The lowest BCUT2D eigenvalue weighted by Crippen LogP contribution is -2.35. The number of aromatic nitrogens is 4. The number of hydrogen-bond acceptors (Lipinski definition) is 5. The van der Waals surface area contributed by atoms with Gasteiger partial charge in [0.1, 0.15) is 22.9 Å². The normalized spacial score (nSPS) is 15.2. The quantitative estimate of drug-likeness (QED) is 0.577. The van der Waals surface area contributed by atoms with Gasteiger partial charge in [-0.3, -0.25) is 4.79 Å². The lowest BCUT2D eigenvalue weighted by atomic mass is 9.88. The van der Waals surface area contributed by atoms with E-state index in [1.807, 2.05) is 0 Å². The zero-order chi connectivity index (χ0) is 23.0. The van der Waals surface area contributed by atoms with Crippen LogP contribution in [-0.4, -0.2) is 43.9 Å². The lowest BCUT2D eigenvalue weighted by molar-refractivity contribution is 0.101. The highest BCUT2D eigenvalue weighted by atomic mass is 35.5. The summed E-state index contributed by atoms with van der Waals surface area (Å²) in [7, 11) is 3.28. The second-order valence-electron chi connectivity index (χ2n) is 7.37. The minimum absolute atomic E-state index is 0.0510. The van der Waals surface area contributed by atoms with Crippen molar-refractivity contribution >= 4 is 40.9 Å². The third-order valence-corrected chi connectivity index (χ3v) is 6.18. The number of rotatable bonds is 4. The number of carbonyl (C=O) groups is 2. The third-order valence-electron chi connectivity index (χ3n) is 5.43. The molecule has 4 rings (SSSR count). The van der Waals surface area contributed by atoms with E-state index in [9.17, 15) is 14.0 Å². The standard InChI is InChI=1S/C20H19Cl2FN6O3/c1-28(20(31)32-15-9-24-27-26-15)14-5-3-4-11-16(14)18(22)29(2)17(11)19(30)25-10-6-7-13(23)12(21)8-10/h6-9,14H,3-5H2,1-2H3,(H,25,30)(H,24,26,27). The summed E-state index contributed by atoms with van der Waals surface area (Å²) < 4.78 is 20.2. The van der Waals surface area contributed by atoms with Crippen LogP contribution in [0.15, 0.2) is 24.4 Å². The Balaban J connectivity index is 1.62. The Morgan fingerprint density at radius 1 is 1.38 bits per heavy atom. The largest absolute Gasteiger partial charge is 0.416 e. The molecular weight excluding hydrogens is 462 g/mol. The van der Waals surface area contributed by atoms with E-state index >= 15 is 0 Å². The molecule has 1 aliphatic carbocycles. The van der Waals surface area contributed by atoms with Gasteiger partial charge in [0.25, 0.3) is 11.8 Å². The van der Waals surface area contributed by atoms with E-state index in [2.05, 4.69) is 20.7 Å². The van der Waals surface area contributed by atoms with Gasteiger partial charge in [0.2, 0.25) is 0 Å². The van der Waals surface area contributed by atoms with Crippen molar-refractivity contribution in [3.63, 3.8) is 0 Å². The van der Waals surface area contributed by atoms with Crippen LogP contribution in [0.3, 0.4) is 0 Å². The van der Waals surface area contributed by atoms with Crippen LogP contribution in [0.25, 0.3) is 0 Å². The highest BCUT2D eigenvalue weighted by Gasteiger charge is 2.36. The molecule has 12 heteroatoms. The van der Waals surface area contributed by atoms with Gasteiger partial charge in [0.15, 0.2) is 0 Å². The van der Waals surface area contributed by atoms with E-state index in [1.165, 1.54) is 29.3 Å². The van der Waals surface area contributed by atoms with Crippen molar-refractivity contribution in [2.75, 3.05) is 12.4 Å². The van der Waals surface area contributed by atoms with Crippen molar-refractivity contribution in [2.45, 2.75) is 25.3 Å². The molecule has 2 N–H and O–H groups in total. The summed E-state index contributed by atoms with van der Waals surface area (Å²) in [5, 5.41) is 12.7. The van der Waals surface area contributed by atoms with Gasteiger partial charge in [0, 0.05) is 25.3 Å². The number of nitrogens with one attached hydrogen (secondary N) is 2. The maximum absolute atomic E-state index is 13.4. The first-order chi connectivity index (χ1) is 15.3. The first-order valence-corrected chi connectivity index (χ1v) is 10.5. The first kappa shape index (κ1) is 22.1. The maximum atomic E-state index is 13.4. The van der Waals surface area contributed by atoms with Crippen LogP contribution < -0.4 is 10.1 Å². The van der Waals surface area contributed by atoms with Crippen LogP contribution in [0.2, 0.25) is 10.2 Å². The second kappa shape index (κ2) is 8.79. The Kier molecular flexibility index (Phi) is 6.07. The van der Waals surface area contributed by atoms with Gasteiger partial charge in [-0.25, -0.2) is 9.18 Å². The fourth-order valence-electron chi connectivity index (χ4n) is 3.91. The zero-order valence-electron chi connectivity index (χ0n) is 17.2. The summed E-state index contributed by atoms with van der Waals surface area (Å²) in [5.41, 5.74) is 2.17. The summed E-state index contributed by atoms with van der Waals surface area (Å²) in [5.74, 6) is -0.936. The summed E-state index contributed by atoms with van der Waals surface area (Å²) in [6, 6.07) is 3.55. The van der Waals surface area contributed by atoms with Crippen molar-refractivity contribution in [1.82, 2.24) is 24.9 Å². The molecule has 9 nitrogen and oxygen atoms in total. The molecule has 168 valence electrons. The topological polar surface area (TPSA) is 105 Å². The highest BCUT2D eigenvalue weighted by Crippen LogP contribution is 2.41. The molecule has 1 aliphatic rings. The van der Waals surface area contributed by atoms with Crippen LogP contribution >= 0.6 is 23.2 Å². The molecule has 0 spiro atoms. The molecule has 0 radical (unpaired) electrons. The number of amides is 2. The summed E-state index contributed by atoms with van der Waals surface area (Å²) >= 11 is 12.4. The van der Waals surface area contributed by atoms with E-state index in [-0.39, 0.29) is 10.9 Å². The minimum Gasteiger partial charge on any atom is -0.388 e. The van der Waals surface area contributed by atoms with Crippen LogP contribution in [0, 0.1) is 5.82 Å². The van der Waals surface area contributed by atoms with Gasteiger partial charge >= 0.3 is 6.09 Å². The molecule has 0 saturated heterocycles. The molecule has 3 aromatic rings. The van der Waals surface area contributed by atoms with Crippen LogP contribution in [0.1, 0.15) is 40.5 Å². The Hall–Kier alpha value is -3.11. The summed E-state index contributed by atoms with van der Waals surface area (Å²) in [4.78, 5) is 27.1. The smallest absolute Gasteiger partial charge is 0.388 e. The number of carbonyl (C=O) groups excluding carboxylic acids is 2. The number of benzene rings is 1. The number of hydrogen-bond donors (Lipinski definition) is 2. The van der Waals surface area contributed by atoms with Crippen LogP contribution in [-0.2, 0) is 13.5 Å². The Bertz CT molecular complexity index is 1180. The maximum Gasteiger partial charge on any atom is 0.416 e. The third kappa shape index (κ3) is 4.03. The van der Waals surface area contributed by atoms with Crippen molar-refractivity contribution in [3.05, 3.63) is 57.2 Å². The fourth-order valence-corrected chi connectivity index (χ4v) is 4.42. The van der Waals surface area contributed by atoms with E-state index in [1.54, 1.807) is 18.7 Å². The van der Waals surface area contributed by atoms with Gasteiger partial charge in [-0.2, -0.15) is 10.3 Å².